The number of nitrogen functional groups attached to an aromatic ring is 1. The molecule has 214 valence electrons. The molecule has 0 unspecified atom stereocenters. The average Bonchev–Trinajstić information content (AvgIpc) is 3.61. The van der Waals surface area contributed by atoms with Gasteiger partial charge in [-0.15, -0.1) is 11.3 Å². The summed E-state index contributed by atoms with van der Waals surface area (Å²) >= 11 is 2.28. The lowest BCUT2D eigenvalue weighted by Gasteiger charge is -2.10. The summed E-state index contributed by atoms with van der Waals surface area (Å²) < 4.78 is 34.5. The van der Waals surface area contributed by atoms with Gasteiger partial charge >= 0.3 is 6.03 Å². The highest BCUT2D eigenvalue weighted by Gasteiger charge is 2.20. The third-order valence-electron chi connectivity index (χ3n) is 5.93. The standard InChI is InChI=1S/C28H23F2N7O3S2/c1-40-17-4-2-3-16(11-17)25(38)34-21-12-18(19(29)13-20(21)30)22-14-41-26(35-22)23-24(31)36-28(42-23)37-27(39)33-10-7-15-5-8-32-9-6-15/h2-6,8-9,11-14H,7,10,31H2,1H3,(H,34,38)(H2,33,36,37,39). The molecule has 2 aromatic carbocycles. The quantitative estimate of drug-likeness (QED) is 0.165. The van der Waals surface area contributed by atoms with Gasteiger partial charge in [-0.05, 0) is 48.4 Å². The monoisotopic (exact) mass is 607 g/mol. The molecule has 0 saturated heterocycles. The second-order valence-corrected chi connectivity index (χ2v) is 10.6. The lowest BCUT2D eigenvalue weighted by molar-refractivity contribution is 0.102. The van der Waals surface area contributed by atoms with Crippen LogP contribution in [0.15, 0.2) is 66.3 Å². The Kier molecular flexibility index (Phi) is 8.64. The average molecular weight is 608 g/mol. The van der Waals surface area contributed by atoms with Gasteiger partial charge in [0.05, 0.1) is 18.5 Å². The van der Waals surface area contributed by atoms with E-state index in [1.165, 1.54) is 30.6 Å². The Labute approximate surface area is 246 Å². The van der Waals surface area contributed by atoms with Crippen molar-refractivity contribution in [2.75, 3.05) is 30.0 Å². The van der Waals surface area contributed by atoms with Crippen LogP contribution >= 0.6 is 22.7 Å². The number of carbonyl (C=O) groups is 2. The number of nitrogens with zero attached hydrogens (tertiary/aromatic N) is 3. The zero-order chi connectivity index (χ0) is 29.6. The predicted molar refractivity (Wildman–Crippen MR) is 159 cm³/mol. The maximum Gasteiger partial charge on any atom is 0.321 e. The van der Waals surface area contributed by atoms with Crippen LogP contribution in [0.4, 0.5) is 30.2 Å². The molecular formula is C28H23F2N7O3S2. The Bertz CT molecular complexity index is 1740. The van der Waals surface area contributed by atoms with Crippen LogP contribution in [0, 0.1) is 11.6 Å². The molecule has 14 heteroatoms. The van der Waals surface area contributed by atoms with Crippen molar-refractivity contribution >= 4 is 51.2 Å². The van der Waals surface area contributed by atoms with E-state index in [2.05, 4.69) is 30.9 Å². The summed E-state index contributed by atoms with van der Waals surface area (Å²) in [7, 11) is 1.46. The van der Waals surface area contributed by atoms with E-state index in [9.17, 15) is 18.4 Å². The van der Waals surface area contributed by atoms with Gasteiger partial charge in [0, 0.05) is 41.5 Å². The van der Waals surface area contributed by atoms with E-state index in [1.807, 2.05) is 12.1 Å². The van der Waals surface area contributed by atoms with Crippen molar-refractivity contribution < 1.29 is 23.1 Å². The molecule has 5 aromatic rings. The predicted octanol–water partition coefficient (Wildman–Crippen LogP) is 5.81. The first-order valence-electron chi connectivity index (χ1n) is 12.4. The first kappa shape index (κ1) is 28.6. The van der Waals surface area contributed by atoms with Gasteiger partial charge in [-0.25, -0.2) is 23.5 Å². The SMILES string of the molecule is COc1cccc(C(=O)Nc2cc(-c3csc(-c4sc(NC(=O)NCCc5ccncc5)nc4N)n3)c(F)cc2F)c1. The van der Waals surface area contributed by atoms with Gasteiger partial charge in [-0.2, -0.15) is 0 Å². The lowest BCUT2D eigenvalue weighted by atomic mass is 10.1. The summed E-state index contributed by atoms with van der Waals surface area (Å²) in [6.07, 6.45) is 4.00. The molecule has 10 nitrogen and oxygen atoms in total. The number of benzene rings is 2. The third-order valence-corrected chi connectivity index (χ3v) is 7.92. The zero-order valence-corrected chi connectivity index (χ0v) is 23.6. The molecule has 5 N–H and O–H groups in total. The van der Waals surface area contributed by atoms with E-state index in [4.69, 9.17) is 10.5 Å². The molecular weight excluding hydrogens is 584 g/mol. The molecule has 3 heterocycles. The molecule has 0 aliphatic heterocycles. The normalized spacial score (nSPS) is 10.7. The Morgan fingerprint density at radius 2 is 1.83 bits per heavy atom. The van der Waals surface area contributed by atoms with Crippen molar-refractivity contribution in [3.8, 4) is 26.9 Å². The van der Waals surface area contributed by atoms with E-state index in [0.29, 0.717) is 34.7 Å². The summed E-state index contributed by atoms with van der Waals surface area (Å²) in [6, 6.07) is 11.5. The fraction of sp³-hybridized carbons (Fsp3) is 0.107. The maximum atomic E-state index is 14.8. The zero-order valence-electron chi connectivity index (χ0n) is 22.0. The van der Waals surface area contributed by atoms with Gasteiger partial charge in [0.2, 0.25) is 0 Å². The summed E-state index contributed by atoms with van der Waals surface area (Å²) in [5.41, 5.74) is 7.34. The molecule has 0 bridgehead atoms. The van der Waals surface area contributed by atoms with Crippen LogP contribution in [0.25, 0.3) is 21.1 Å². The number of rotatable bonds is 9. The molecule has 0 aliphatic rings. The number of nitrogens with two attached hydrogens (primary N) is 1. The first-order valence-corrected chi connectivity index (χ1v) is 14.1. The number of hydrogen-bond acceptors (Lipinski definition) is 9. The van der Waals surface area contributed by atoms with Crippen LogP contribution in [0.3, 0.4) is 0 Å². The lowest BCUT2D eigenvalue weighted by Crippen LogP contribution is -2.30. The van der Waals surface area contributed by atoms with Crippen LogP contribution < -0.4 is 26.4 Å². The number of halogens is 2. The summed E-state index contributed by atoms with van der Waals surface area (Å²) in [5.74, 6) is -1.79. The minimum atomic E-state index is -0.940. The number of thiazole rings is 2. The number of nitrogens with one attached hydrogen (secondary N) is 3. The Balaban J connectivity index is 1.28. The molecule has 3 amide bonds. The van der Waals surface area contributed by atoms with Crippen molar-refractivity contribution in [1.82, 2.24) is 20.3 Å². The van der Waals surface area contributed by atoms with Crippen LogP contribution in [0.1, 0.15) is 15.9 Å². The number of aromatic nitrogens is 3. The molecule has 0 spiro atoms. The minimum absolute atomic E-state index is 0.0187. The Hall–Kier alpha value is -4.95. The molecule has 0 saturated carbocycles. The van der Waals surface area contributed by atoms with Crippen LogP contribution in [-0.4, -0.2) is 40.5 Å². The molecule has 5 rings (SSSR count). The van der Waals surface area contributed by atoms with E-state index < -0.39 is 23.6 Å². The van der Waals surface area contributed by atoms with Gasteiger partial charge in [0.1, 0.15) is 33.1 Å². The van der Waals surface area contributed by atoms with Crippen molar-refractivity contribution in [1.29, 1.82) is 0 Å². The summed E-state index contributed by atoms with van der Waals surface area (Å²) in [6.45, 7) is 0.407. The van der Waals surface area contributed by atoms with Gasteiger partial charge < -0.3 is 21.1 Å². The smallest absolute Gasteiger partial charge is 0.321 e. The van der Waals surface area contributed by atoms with Crippen LogP contribution in [0.5, 0.6) is 5.75 Å². The number of amides is 3. The number of carbonyl (C=O) groups excluding carboxylic acids is 2. The molecule has 0 radical (unpaired) electrons. The maximum absolute atomic E-state index is 14.8. The van der Waals surface area contributed by atoms with Gasteiger partial charge in [-0.3, -0.25) is 15.1 Å². The topological polar surface area (TPSA) is 144 Å². The molecule has 0 atom stereocenters. The second-order valence-electron chi connectivity index (χ2n) is 8.76. The van der Waals surface area contributed by atoms with Gasteiger partial charge in [0.25, 0.3) is 5.91 Å². The number of anilines is 3. The fourth-order valence-electron chi connectivity index (χ4n) is 3.85. The van der Waals surface area contributed by atoms with Gasteiger partial charge in [-0.1, -0.05) is 17.4 Å². The fourth-order valence-corrected chi connectivity index (χ4v) is 5.65. The molecule has 3 aromatic heterocycles. The van der Waals surface area contributed by atoms with Crippen molar-refractivity contribution in [2.24, 2.45) is 0 Å². The van der Waals surface area contributed by atoms with Crippen molar-refractivity contribution in [3.05, 3.63) is 89.1 Å². The molecule has 0 fully saturated rings. The largest absolute Gasteiger partial charge is 0.497 e. The van der Waals surface area contributed by atoms with Gasteiger partial charge in [0.15, 0.2) is 5.13 Å². The minimum Gasteiger partial charge on any atom is -0.497 e. The molecule has 42 heavy (non-hydrogen) atoms. The highest BCUT2D eigenvalue weighted by molar-refractivity contribution is 7.23. The van der Waals surface area contributed by atoms with E-state index >= 15 is 0 Å². The number of hydrogen-bond donors (Lipinski definition) is 4. The number of methoxy groups -OCH3 is 1. The number of urea groups is 1. The third kappa shape index (κ3) is 6.67. The van der Waals surface area contributed by atoms with E-state index in [-0.39, 0.29) is 33.5 Å². The number of pyridine rings is 1. The molecule has 0 aliphatic carbocycles. The first-order chi connectivity index (χ1) is 20.3. The highest BCUT2D eigenvalue weighted by atomic mass is 32.1. The van der Waals surface area contributed by atoms with Crippen LogP contribution in [0.2, 0.25) is 0 Å². The highest BCUT2D eigenvalue weighted by Crippen LogP contribution is 2.39. The summed E-state index contributed by atoms with van der Waals surface area (Å²) in [5, 5.41) is 10.1. The van der Waals surface area contributed by atoms with Crippen LogP contribution in [-0.2, 0) is 6.42 Å². The second kappa shape index (κ2) is 12.7. The summed E-state index contributed by atoms with van der Waals surface area (Å²) in [4.78, 5) is 38.1. The van der Waals surface area contributed by atoms with E-state index in [0.717, 1.165) is 16.9 Å². The van der Waals surface area contributed by atoms with Crippen molar-refractivity contribution in [2.45, 2.75) is 6.42 Å². The Morgan fingerprint density at radius 1 is 1.02 bits per heavy atom. The van der Waals surface area contributed by atoms with Crippen molar-refractivity contribution in [3.63, 3.8) is 0 Å². The number of ether oxygens (including phenoxy) is 1. The Morgan fingerprint density at radius 3 is 2.62 bits per heavy atom. The van der Waals surface area contributed by atoms with E-state index in [1.54, 1.807) is 36.0 Å².